The van der Waals surface area contributed by atoms with Gasteiger partial charge >= 0.3 is 0 Å². The number of fused-ring (bicyclic) bond motifs is 1. The van der Waals surface area contributed by atoms with E-state index in [0.717, 1.165) is 22.6 Å². The Morgan fingerprint density at radius 3 is 2.96 bits per heavy atom. The highest BCUT2D eigenvalue weighted by atomic mass is 32.2. The molecule has 8 heteroatoms. The van der Waals surface area contributed by atoms with Crippen LogP contribution in [0.25, 0.3) is 0 Å². The Bertz CT molecular complexity index is 852. The number of hydrogen-bond acceptors (Lipinski definition) is 5. The Kier molecular flexibility index (Phi) is 3.50. The molecule has 24 heavy (non-hydrogen) atoms. The summed E-state index contributed by atoms with van der Waals surface area (Å²) in [6.07, 6.45) is 0. The van der Waals surface area contributed by atoms with Gasteiger partial charge in [-0.25, -0.2) is 9.40 Å². The molecule has 0 aliphatic carbocycles. The minimum Gasteiger partial charge on any atom is -0.326 e. The molecule has 0 aromatic heterocycles. The molecule has 5 nitrogen and oxygen atoms in total. The van der Waals surface area contributed by atoms with Gasteiger partial charge < -0.3 is 5.32 Å². The van der Waals surface area contributed by atoms with Gasteiger partial charge in [-0.05, 0) is 24.6 Å². The number of carbonyl (C=O) groups excluding carboxylic acids is 2. The van der Waals surface area contributed by atoms with Crippen molar-refractivity contribution in [1.82, 2.24) is 10.3 Å². The lowest BCUT2D eigenvalue weighted by Gasteiger charge is -2.30. The fourth-order valence-corrected chi connectivity index (χ4v) is 5.81. The second-order valence-corrected chi connectivity index (χ2v) is 8.01. The Morgan fingerprint density at radius 2 is 2.21 bits per heavy atom. The van der Waals surface area contributed by atoms with Crippen molar-refractivity contribution in [2.24, 2.45) is 5.10 Å². The van der Waals surface area contributed by atoms with Crippen molar-refractivity contribution in [3.63, 3.8) is 0 Å². The van der Waals surface area contributed by atoms with Crippen LogP contribution in [0.2, 0.25) is 0 Å². The first-order valence-electron chi connectivity index (χ1n) is 7.40. The van der Waals surface area contributed by atoms with Gasteiger partial charge in [0.1, 0.15) is 10.9 Å². The van der Waals surface area contributed by atoms with Gasteiger partial charge in [0.05, 0.1) is 0 Å². The maximum Gasteiger partial charge on any atom is 0.267 e. The number of thioether (sulfide) groups is 2. The molecule has 0 saturated heterocycles. The number of aryl methyl sites for hydroxylation is 1. The monoisotopic (exact) mass is 363 g/mol. The van der Waals surface area contributed by atoms with Crippen molar-refractivity contribution in [2.75, 3.05) is 11.5 Å². The van der Waals surface area contributed by atoms with Gasteiger partial charge in [-0.15, -0.1) is 0 Å². The van der Waals surface area contributed by atoms with E-state index in [9.17, 15) is 14.0 Å². The lowest BCUT2D eigenvalue weighted by molar-refractivity contribution is -0.137. The Labute approximate surface area is 146 Å². The highest BCUT2D eigenvalue weighted by Gasteiger charge is 2.60. The molecule has 0 bridgehead atoms. The molecule has 0 radical (unpaired) electrons. The van der Waals surface area contributed by atoms with Gasteiger partial charge in [0, 0.05) is 35.3 Å². The van der Waals surface area contributed by atoms with E-state index >= 15 is 0 Å². The summed E-state index contributed by atoms with van der Waals surface area (Å²) in [6.45, 7) is 3.24. The number of halogens is 1. The molecule has 4 rings (SSSR count). The largest absolute Gasteiger partial charge is 0.326 e. The SMILES string of the molecule is CC(=O)N1N=C(c2cc(F)ccc2C)SC12C(=O)NC1=C2CSC1. The van der Waals surface area contributed by atoms with Gasteiger partial charge in [0.2, 0.25) is 10.8 Å². The quantitative estimate of drug-likeness (QED) is 0.831. The molecule has 3 aliphatic rings. The summed E-state index contributed by atoms with van der Waals surface area (Å²) in [5, 5.41) is 9.03. The van der Waals surface area contributed by atoms with Gasteiger partial charge in [0.15, 0.2) is 0 Å². The van der Waals surface area contributed by atoms with Crippen LogP contribution >= 0.6 is 23.5 Å². The Balaban J connectivity index is 1.84. The van der Waals surface area contributed by atoms with E-state index in [2.05, 4.69) is 10.4 Å². The number of hydrogen-bond donors (Lipinski definition) is 1. The summed E-state index contributed by atoms with van der Waals surface area (Å²) < 4.78 is 13.7. The fraction of sp³-hybridized carbons (Fsp3) is 0.312. The predicted molar refractivity (Wildman–Crippen MR) is 93.0 cm³/mol. The standard InChI is InChI=1S/C16H14FN3O2S2/c1-8-3-4-10(17)5-11(8)14-19-20(9(2)21)16(24-14)12-6-23-7-13(12)18-15(16)22/h3-5H,6-7H2,1-2H3,(H,18,22). The van der Waals surface area contributed by atoms with Crippen LogP contribution in [-0.2, 0) is 9.59 Å². The molecule has 1 aromatic rings. The van der Waals surface area contributed by atoms with Crippen molar-refractivity contribution < 1.29 is 14.0 Å². The summed E-state index contributed by atoms with van der Waals surface area (Å²) in [7, 11) is 0. The average Bonchev–Trinajstić information content (AvgIpc) is 3.19. The third-order valence-electron chi connectivity index (χ3n) is 4.30. The van der Waals surface area contributed by atoms with Crippen LogP contribution in [0.4, 0.5) is 4.39 Å². The summed E-state index contributed by atoms with van der Waals surface area (Å²) in [6, 6.07) is 4.44. The lowest BCUT2D eigenvalue weighted by atomic mass is 10.1. The zero-order chi connectivity index (χ0) is 17.1. The van der Waals surface area contributed by atoms with E-state index in [1.807, 2.05) is 6.92 Å². The molecular formula is C16H14FN3O2S2. The average molecular weight is 363 g/mol. The van der Waals surface area contributed by atoms with E-state index < -0.39 is 4.87 Å². The van der Waals surface area contributed by atoms with Crippen molar-refractivity contribution in [2.45, 2.75) is 18.7 Å². The summed E-state index contributed by atoms with van der Waals surface area (Å²) in [5.41, 5.74) is 3.22. The number of benzene rings is 1. The molecule has 0 fully saturated rings. The fourth-order valence-electron chi connectivity index (χ4n) is 3.12. The molecule has 1 N–H and O–H groups in total. The van der Waals surface area contributed by atoms with Gasteiger partial charge in [-0.1, -0.05) is 17.8 Å². The zero-order valence-electron chi connectivity index (χ0n) is 13.1. The van der Waals surface area contributed by atoms with Crippen LogP contribution in [0.3, 0.4) is 0 Å². The summed E-state index contributed by atoms with van der Waals surface area (Å²) in [5.74, 6) is 0.466. The normalized spacial score (nSPS) is 25.4. The van der Waals surface area contributed by atoms with Crippen molar-refractivity contribution in [1.29, 1.82) is 0 Å². The highest BCUT2D eigenvalue weighted by molar-refractivity contribution is 8.16. The summed E-state index contributed by atoms with van der Waals surface area (Å²) in [4.78, 5) is 23.8. The third-order valence-corrected chi connectivity index (χ3v) is 6.68. The van der Waals surface area contributed by atoms with E-state index in [1.165, 1.54) is 35.8 Å². The molecule has 0 saturated carbocycles. The van der Waals surface area contributed by atoms with E-state index in [-0.39, 0.29) is 17.6 Å². The number of hydrazone groups is 1. The second-order valence-electron chi connectivity index (χ2n) is 5.85. The molecule has 1 spiro atoms. The third kappa shape index (κ3) is 2.05. The molecule has 1 unspecified atom stereocenters. The van der Waals surface area contributed by atoms with Gasteiger partial charge in [-0.2, -0.15) is 16.9 Å². The minimum atomic E-state index is -1.17. The summed E-state index contributed by atoms with van der Waals surface area (Å²) >= 11 is 2.92. The predicted octanol–water partition coefficient (Wildman–Crippen LogP) is 2.22. The molecule has 3 heterocycles. The molecule has 2 amide bonds. The first-order chi connectivity index (χ1) is 11.4. The first-order valence-corrected chi connectivity index (χ1v) is 9.37. The van der Waals surface area contributed by atoms with Crippen LogP contribution in [0, 0.1) is 12.7 Å². The molecule has 3 aliphatic heterocycles. The number of carbonyl (C=O) groups is 2. The van der Waals surface area contributed by atoms with Crippen LogP contribution in [0.5, 0.6) is 0 Å². The molecule has 1 aromatic carbocycles. The van der Waals surface area contributed by atoms with Crippen LogP contribution in [0.1, 0.15) is 18.1 Å². The number of nitrogens with one attached hydrogen (secondary N) is 1. The number of nitrogens with zero attached hydrogens (tertiary/aromatic N) is 2. The van der Waals surface area contributed by atoms with Crippen molar-refractivity contribution in [3.05, 3.63) is 46.4 Å². The number of amides is 2. The topological polar surface area (TPSA) is 61.8 Å². The maximum absolute atomic E-state index is 13.7. The van der Waals surface area contributed by atoms with Gasteiger partial charge in [-0.3, -0.25) is 9.59 Å². The number of rotatable bonds is 1. The molecule has 124 valence electrons. The lowest BCUT2D eigenvalue weighted by Crippen LogP contribution is -2.51. The van der Waals surface area contributed by atoms with E-state index in [4.69, 9.17) is 0 Å². The van der Waals surface area contributed by atoms with Crippen molar-refractivity contribution >= 4 is 40.4 Å². The smallest absolute Gasteiger partial charge is 0.267 e. The Hall–Kier alpha value is -1.80. The molecule has 1 atom stereocenters. The van der Waals surface area contributed by atoms with Crippen LogP contribution in [-0.4, -0.2) is 38.2 Å². The Morgan fingerprint density at radius 1 is 1.42 bits per heavy atom. The van der Waals surface area contributed by atoms with Crippen LogP contribution < -0.4 is 5.32 Å². The zero-order valence-corrected chi connectivity index (χ0v) is 14.7. The van der Waals surface area contributed by atoms with Crippen molar-refractivity contribution in [3.8, 4) is 0 Å². The van der Waals surface area contributed by atoms with Gasteiger partial charge in [0.25, 0.3) is 5.91 Å². The first kappa shape index (κ1) is 15.7. The molecular weight excluding hydrogens is 349 g/mol. The highest BCUT2D eigenvalue weighted by Crippen LogP contribution is 2.51. The van der Waals surface area contributed by atoms with E-state index in [1.54, 1.807) is 17.8 Å². The second kappa shape index (κ2) is 5.35. The maximum atomic E-state index is 13.7. The van der Waals surface area contributed by atoms with E-state index in [0.29, 0.717) is 16.4 Å². The minimum absolute atomic E-state index is 0.249. The van der Waals surface area contributed by atoms with Crippen LogP contribution in [0.15, 0.2) is 34.6 Å².